The molecule has 0 aromatic heterocycles. The number of benzene rings is 1. The summed E-state index contributed by atoms with van der Waals surface area (Å²) in [5, 5.41) is 9.46. The minimum atomic E-state index is -3.82. The van der Waals surface area contributed by atoms with Gasteiger partial charge in [0.25, 0.3) is 0 Å². The zero-order chi connectivity index (χ0) is 17.7. The van der Waals surface area contributed by atoms with Gasteiger partial charge < -0.3 is 19.5 Å². The number of hydrogen-bond donors (Lipinski definition) is 2. The molecule has 1 saturated heterocycles. The zero-order valence-corrected chi connectivity index (χ0v) is 14.5. The van der Waals surface area contributed by atoms with Gasteiger partial charge in [-0.1, -0.05) is 0 Å². The molecule has 0 bridgehead atoms. The molecule has 8 nitrogen and oxygen atoms in total. The van der Waals surface area contributed by atoms with Gasteiger partial charge in [0.05, 0.1) is 36.0 Å². The van der Waals surface area contributed by atoms with Crippen LogP contribution in [-0.4, -0.2) is 65.6 Å². The molecule has 0 saturated carbocycles. The number of carboxylic acid groups (broad SMARTS) is 1. The fourth-order valence-corrected chi connectivity index (χ4v) is 3.80. The summed E-state index contributed by atoms with van der Waals surface area (Å²) in [6.07, 6.45) is 0. The molecule has 1 heterocycles. The smallest absolute Gasteiger partial charge is 0.337 e. The molecule has 134 valence electrons. The van der Waals surface area contributed by atoms with Crippen molar-refractivity contribution in [2.75, 3.05) is 44.9 Å². The van der Waals surface area contributed by atoms with Gasteiger partial charge in [-0.25, -0.2) is 17.9 Å². The number of ether oxygens (including phenoxy) is 2. The molecule has 1 unspecified atom stereocenters. The zero-order valence-electron chi connectivity index (χ0n) is 13.7. The molecule has 1 aromatic carbocycles. The molecule has 1 aliphatic rings. The summed E-state index contributed by atoms with van der Waals surface area (Å²) in [6, 6.07) is 3.71. The number of sulfonamides is 1. The molecule has 1 aliphatic heterocycles. The molecule has 1 fully saturated rings. The number of nitrogens with zero attached hydrogens (tertiary/aromatic N) is 1. The Hall–Kier alpha value is -1.68. The van der Waals surface area contributed by atoms with Gasteiger partial charge in [-0.15, -0.1) is 0 Å². The molecule has 2 N–H and O–H groups in total. The van der Waals surface area contributed by atoms with E-state index in [1.54, 1.807) is 6.92 Å². The van der Waals surface area contributed by atoms with Crippen LogP contribution in [0.5, 0.6) is 0 Å². The molecular weight excluding hydrogens is 336 g/mol. The number of aromatic carboxylic acids is 1. The average Bonchev–Trinajstić information content (AvgIpc) is 2.54. The Balaban J connectivity index is 2.32. The third-order valence-corrected chi connectivity index (χ3v) is 5.22. The third-order valence-electron chi connectivity index (χ3n) is 3.63. The summed E-state index contributed by atoms with van der Waals surface area (Å²) in [5.74, 6) is -1.17. The quantitative estimate of drug-likeness (QED) is 0.733. The van der Waals surface area contributed by atoms with Crippen molar-refractivity contribution >= 4 is 21.7 Å². The lowest BCUT2D eigenvalue weighted by Crippen LogP contribution is -2.37. The number of rotatable bonds is 7. The monoisotopic (exact) mass is 358 g/mol. The van der Waals surface area contributed by atoms with E-state index in [-0.39, 0.29) is 17.1 Å². The second-order valence-electron chi connectivity index (χ2n) is 5.56. The Morgan fingerprint density at radius 2 is 2.08 bits per heavy atom. The Bertz CT molecular complexity index is 685. The first-order valence-corrected chi connectivity index (χ1v) is 9.05. The highest BCUT2D eigenvalue weighted by atomic mass is 32.2. The Morgan fingerprint density at radius 1 is 1.42 bits per heavy atom. The summed E-state index contributed by atoms with van der Waals surface area (Å²) in [4.78, 5) is 13.4. The van der Waals surface area contributed by atoms with Crippen LogP contribution in [0.3, 0.4) is 0 Å². The molecule has 1 atom stereocenters. The first kappa shape index (κ1) is 18.7. The van der Waals surface area contributed by atoms with Gasteiger partial charge in [-0.05, 0) is 25.1 Å². The molecule has 24 heavy (non-hydrogen) atoms. The summed E-state index contributed by atoms with van der Waals surface area (Å²) in [7, 11) is -2.35. The predicted molar refractivity (Wildman–Crippen MR) is 88.1 cm³/mol. The van der Waals surface area contributed by atoms with Gasteiger partial charge in [0.15, 0.2) is 0 Å². The molecule has 2 rings (SSSR count). The van der Waals surface area contributed by atoms with Crippen molar-refractivity contribution in [2.45, 2.75) is 17.9 Å². The fourth-order valence-electron chi connectivity index (χ4n) is 2.55. The van der Waals surface area contributed by atoms with Crippen molar-refractivity contribution in [2.24, 2.45) is 0 Å². The van der Waals surface area contributed by atoms with E-state index in [9.17, 15) is 18.3 Å². The van der Waals surface area contributed by atoms with Crippen LogP contribution in [-0.2, 0) is 19.5 Å². The largest absolute Gasteiger partial charge is 0.478 e. The first-order chi connectivity index (χ1) is 11.3. The lowest BCUT2D eigenvalue weighted by atomic mass is 10.1. The number of hydrogen-bond acceptors (Lipinski definition) is 6. The van der Waals surface area contributed by atoms with E-state index in [1.807, 2.05) is 4.90 Å². The van der Waals surface area contributed by atoms with Crippen molar-refractivity contribution in [1.82, 2.24) is 4.72 Å². The summed E-state index contributed by atoms with van der Waals surface area (Å²) in [6.45, 7) is 4.04. The molecule has 0 spiro atoms. The second-order valence-corrected chi connectivity index (χ2v) is 7.28. The van der Waals surface area contributed by atoms with E-state index in [0.717, 1.165) is 0 Å². The van der Waals surface area contributed by atoms with E-state index in [4.69, 9.17) is 9.47 Å². The average molecular weight is 358 g/mol. The van der Waals surface area contributed by atoms with Crippen molar-refractivity contribution in [3.8, 4) is 0 Å². The topological polar surface area (TPSA) is 105 Å². The van der Waals surface area contributed by atoms with Gasteiger partial charge in [0, 0.05) is 26.2 Å². The van der Waals surface area contributed by atoms with E-state index in [1.165, 1.54) is 25.3 Å². The standard InChI is InChI=1S/C15H22N2O6S/c1-11(10-22-2)16-24(20,21)12-3-4-14(13(9-12)15(18)19)17-5-7-23-8-6-17/h3-4,9,11,16H,5-8,10H2,1-2H3,(H,18,19). The lowest BCUT2D eigenvalue weighted by Gasteiger charge is -2.30. The maximum atomic E-state index is 12.4. The van der Waals surface area contributed by atoms with Crippen LogP contribution in [0.15, 0.2) is 23.1 Å². The normalized spacial score (nSPS) is 16.8. The maximum Gasteiger partial charge on any atom is 0.337 e. The van der Waals surface area contributed by atoms with E-state index in [2.05, 4.69) is 4.72 Å². The van der Waals surface area contributed by atoms with Crippen LogP contribution in [0.2, 0.25) is 0 Å². The number of methoxy groups -OCH3 is 1. The van der Waals surface area contributed by atoms with Crippen LogP contribution in [0.25, 0.3) is 0 Å². The van der Waals surface area contributed by atoms with Crippen molar-refractivity contribution in [3.63, 3.8) is 0 Å². The van der Waals surface area contributed by atoms with Crippen LogP contribution in [0, 0.1) is 0 Å². The Kier molecular flexibility index (Phi) is 6.16. The minimum Gasteiger partial charge on any atom is -0.478 e. The van der Waals surface area contributed by atoms with Crippen LogP contribution < -0.4 is 9.62 Å². The third kappa shape index (κ3) is 4.44. The molecule has 0 amide bonds. The van der Waals surface area contributed by atoms with Crippen molar-refractivity contribution < 1.29 is 27.8 Å². The summed E-state index contributed by atoms with van der Waals surface area (Å²) in [5.41, 5.74) is 0.453. The first-order valence-electron chi connectivity index (χ1n) is 7.56. The number of carboxylic acids is 1. The molecule has 0 aliphatic carbocycles. The minimum absolute atomic E-state index is 0.0424. The van der Waals surface area contributed by atoms with Gasteiger partial charge >= 0.3 is 5.97 Å². The van der Waals surface area contributed by atoms with Crippen LogP contribution in [0.1, 0.15) is 17.3 Å². The number of nitrogens with one attached hydrogen (secondary N) is 1. The molecular formula is C15H22N2O6S. The van der Waals surface area contributed by atoms with E-state index < -0.39 is 22.0 Å². The Labute approximate surface area is 141 Å². The van der Waals surface area contributed by atoms with Crippen molar-refractivity contribution in [3.05, 3.63) is 23.8 Å². The van der Waals surface area contributed by atoms with E-state index in [0.29, 0.717) is 32.0 Å². The Morgan fingerprint density at radius 3 is 2.67 bits per heavy atom. The van der Waals surface area contributed by atoms with Gasteiger partial charge in [0.2, 0.25) is 10.0 Å². The molecule has 9 heteroatoms. The van der Waals surface area contributed by atoms with Gasteiger partial charge in [-0.2, -0.15) is 0 Å². The van der Waals surface area contributed by atoms with E-state index >= 15 is 0 Å². The van der Waals surface area contributed by atoms with Crippen LogP contribution >= 0.6 is 0 Å². The fraction of sp³-hybridized carbons (Fsp3) is 0.533. The second kappa shape index (κ2) is 7.93. The highest BCUT2D eigenvalue weighted by Crippen LogP contribution is 2.25. The highest BCUT2D eigenvalue weighted by Gasteiger charge is 2.23. The molecule has 1 aromatic rings. The summed E-state index contributed by atoms with van der Waals surface area (Å²) < 4.78 is 37.4. The summed E-state index contributed by atoms with van der Waals surface area (Å²) >= 11 is 0. The van der Waals surface area contributed by atoms with Crippen LogP contribution in [0.4, 0.5) is 5.69 Å². The molecule has 0 radical (unpaired) electrons. The van der Waals surface area contributed by atoms with Gasteiger partial charge in [0.1, 0.15) is 0 Å². The number of carbonyl (C=O) groups is 1. The van der Waals surface area contributed by atoms with Gasteiger partial charge in [-0.3, -0.25) is 0 Å². The number of anilines is 1. The highest BCUT2D eigenvalue weighted by molar-refractivity contribution is 7.89. The number of morpholine rings is 1. The lowest BCUT2D eigenvalue weighted by molar-refractivity contribution is 0.0696. The maximum absolute atomic E-state index is 12.4. The predicted octanol–water partition coefficient (Wildman–Crippen LogP) is 0.535. The SMILES string of the molecule is COCC(C)NS(=O)(=O)c1ccc(N2CCOCC2)c(C(=O)O)c1. The van der Waals surface area contributed by atoms with Crippen molar-refractivity contribution in [1.29, 1.82) is 0 Å².